The first-order valence-electron chi connectivity index (χ1n) is 17.3. The second-order valence-corrected chi connectivity index (χ2v) is 16.2. The van der Waals surface area contributed by atoms with Gasteiger partial charge in [0.1, 0.15) is 0 Å². The Kier molecular flexibility index (Phi) is 12.1. The van der Waals surface area contributed by atoms with Crippen molar-refractivity contribution in [2.75, 3.05) is 13.2 Å². The van der Waals surface area contributed by atoms with Crippen LogP contribution in [0.1, 0.15) is 140 Å². The number of rotatable bonds is 10. The van der Waals surface area contributed by atoms with Crippen molar-refractivity contribution >= 4 is 0 Å². The van der Waals surface area contributed by atoms with Gasteiger partial charge in [0.2, 0.25) is 0 Å². The summed E-state index contributed by atoms with van der Waals surface area (Å²) in [5, 5.41) is 10.2. The van der Waals surface area contributed by atoms with Crippen LogP contribution in [0.25, 0.3) is 0 Å². The van der Waals surface area contributed by atoms with Crippen LogP contribution in [0, 0.1) is 64.1 Å². The summed E-state index contributed by atoms with van der Waals surface area (Å²) in [5.74, 6) is 7.65. The highest BCUT2D eigenvalue weighted by atomic mass is 16.5. The maximum Gasteiger partial charge on any atom is 0.0577 e. The lowest BCUT2D eigenvalue weighted by Gasteiger charge is -2.58. The molecule has 4 aliphatic carbocycles. The first-order chi connectivity index (χ1) is 18.3. The molecule has 0 unspecified atom stereocenters. The van der Waals surface area contributed by atoms with Gasteiger partial charge >= 0.3 is 0 Å². The Labute approximate surface area is 244 Å². The van der Waals surface area contributed by atoms with Crippen LogP contribution in [0.5, 0.6) is 0 Å². The lowest BCUT2D eigenvalue weighted by atomic mass is 9.47. The van der Waals surface area contributed by atoms with E-state index in [1.54, 1.807) is 5.57 Å². The van der Waals surface area contributed by atoms with Crippen LogP contribution in [0.3, 0.4) is 0 Å². The molecule has 0 aromatic heterocycles. The second kappa shape index (κ2) is 14.2. The van der Waals surface area contributed by atoms with Crippen molar-refractivity contribution in [3.8, 4) is 0 Å². The molecule has 2 nitrogen and oxygen atoms in total. The van der Waals surface area contributed by atoms with E-state index in [0.29, 0.717) is 22.7 Å². The fourth-order valence-corrected chi connectivity index (χ4v) is 9.84. The molecule has 2 heteroatoms. The molecule has 39 heavy (non-hydrogen) atoms. The zero-order valence-electron chi connectivity index (χ0n) is 27.9. The number of hydrogen-bond donors (Lipinski definition) is 1. The number of allylic oxidation sites excluding steroid dienone is 1. The highest BCUT2D eigenvalue weighted by Crippen LogP contribution is 2.67. The summed E-state index contributed by atoms with van der Waals surface area (Å²) >= 11 is 0. The SMILES string of the molecule is CC(C)COCC(C)C.CC[C@H](CC[C@@H](C)[C@H]1CC[C@H]2[C@@H]3CC=C4C[C@@H](O)CC[C@]4(C)[C@H]3CC[C@]12C)C(C)C. The molecule has 0 aliphatic heterocycles. The Morgan fingerprint density at radius 2 is 1.54 bits per heavy atom. The molecule has 0 aromatic carbocycles. The number of ether oxygens (including phenoxy) is 1. The van der Waals surface area contributed by atoms with Gasteiger partial charge in [0.05, 0.1) is 6.10 Å². The number of hydrogen-bond acceptors (Lipinski definition) is 2. The molecule has 0 radical (unpaired) electrons. The van der Waals surface area contributed by atoms with Crippen LogP contribution in [0.15, 0.2) is 11.6 Å². The predicted octanol–water partition coefficient (Wildman–Crippen LogP) is 10.3. The lowest BCUT2D eigenvalue weighted by molar-refractivity contribution is -0.0575. The molecule has 0 heterocycles. The standard InChI is InChI=1S/C29H50O.C8H18O/c1-7-21(19(2)3)9-8-20(4)25-12-13-26-24-11-10-22-18-23(30)14-16-28(22,5)27(24)15-17-29(25,26)6;1-7(2)5-9-6-8(3)4/h10,19-21,23-27,30H,7-9,11-18H2,1-6H3;7-8H,5-6H2,1-4H3/t20-,21-,23+,24+,25-,26+,27+,28+,29-;/m1./s1. The Hall–Kier alpha value is -0.340. The fourth-order valence-electron chi connectivity index (χ4n) is 9.84. The predicted molar refractivity (Wildman–Crippen MR) is 169 cm³/mol. The minimum absolute atomic E-state index is 0.0794. The van der Waals surface area contributed by atoms with E-state index in [4.69, 9.17) is 4.74 Å². The third-order valence-electron chi connectivity index (χ3n) is 12.2. The second-order valence-electron chi connectivity index (χ2n) is 16.2. The van der Waals surface area contributed by atoms with E-state index in [9.17, 15) is 5.11 Å². The maximum atomic E-state index is 10.2. The summed E-state index contributed by atoms with van der Waals surface area (Å²) in [6.45, 7) is 25.6. The van der Waals surface area contributed by atoms with Crippen molar-refractivity contribution in [3.63, 3.8) is 0 Å². The minimum atomic E-state index is -0.0794. The van der Waals surface area contributed by atoms with Gasteiger partial charge in [0.25, 0.3) is 0 Å². The van der Waals surface area contributed by atoms with Crippen molar-refractivity contribution in [2.24, 2.45) is 64.1 Å². The molecule has 4 aliphatic rings. The minimum Gasteiger partial charge on any atom is -0.393 e. The van der Waals surface area contributed by atoms with Crippen molar-refractivity contribution < 1.29 is 9.84 Å². The molecule has 228 valence electrons. The Morgan fingerprint density at radius 1 is 0.872 bits per heavy atom. The average molecular weight is 545 g/mol. The van der Waals surface area contributed by atoms with E-state index in [0.717, 1.165) is 67.5 Å². The van der Waals surface area contributed by atoms with Crippen LogP contribution < -0.4 is 0 Å². The molecular formula is C37H68O2. The molecule has 3 fully saturated rings. The molecule has 4 rings (SSSR count). The summed E-state index contributed by atoms with van der Waals surface area (Å²) < 4.78 is 5.36. The van der Waals surface area contributed by atoms with Crippen molar-refractivity contribution in [1.29, 1.82) is 0 Å². The van der Waals surface area contributed by atoms with E-state index in [-0.39, 0.29) is 6.10 Å². The first kappa shape index (κ1) is 33.2. The third kappa shape index (κ3) is 7.74. The van der Waals surface area contributed by atoms with E-state index in [1.807, 2.05) is 0 Å². The van der Waals surface area contributed by atoms with Crippen molar-refractivity contribution in [2.45, 2.75) is 146 Å². The van der Waals surface area contributed by atoms with Crippen LogP contribution >= 0.6 is 0 Å². The zero-order chi connectivity index (χ0) is 29.0. The number of fused-ring (bicyclic) bond motifs is 5. The van der Waals surface area contributed by atoms with Crippen LogP contribution in [0.2, 0.25) is 0 Å². The molecule has 0 spiro atoms. The van der Waals surface area contributed by atoms with Gasteiger partial charge in [-0.2, -0.15) is 0 Å². The van der Waals surface area contributed by atoms with Crippen LogP contribution in [0.4, 0.5) is 0 Å². The lowest BCUT2D eigenvalue weighted by Crippen LogP contribution is -2.50. The summed E-state index contributed by atoms with van der Waals surface area (Å²) in [4.78, 5) is 0. The molecule has 0 bridgehead atoms. The van der Waals surface area contributed by atoms with E-state index in [1.165, 1.54) is 57.8 Å². The number of aliphatic hydroxyl groups excluding tert-OH is 1. The van der Waals surface area contributed by atoms with Gasteiger partial charge in [-0.1, -0.05) is 93.7 Å². The highest BCUT2D eigenvalue weighted by molar-refractivity contribution is 5.25. The average Bonchev–Trinajstić information content (AvgIpc) is 3.22. The third-order valence-corrected chi connectivity index (χ3v) is 12.2. The monoisotopic (exact) mass is 545 g/mol. The molecule has 3 saturated carbocycles. The summed E-state index contributed by atoms with van der Waals surface area (Å²) in [6, 6.07) is 0. The molecular weight excluding hydrogens is 476 g/mol. The van der Waals surface area contributed by atoms with Gasteiger partial charge in [0, 0.05) is 13.2 Å². The summed E-state index contributed by atoms with van der Waals surface area (Å²) in [6.07, 6.45) is 17.1. The molecule has 0 saturated heterocycles. The molecule has 9 atom stereocenters. The van der Waals surface area contributed by atoms with Crippen LogP contribution in [-0.2, 0) is 4.74 Å². The Bertz CT molecular complexity index is 759. The maximum absolute atomic E-state index is 10.2. The first-order valence-corrected chi connectivity index (χ1v) is 17.3. The summed E-state index contributed by atoms with van der Waals surface area (Å²) in [7, 11) is 0. The molecule has 0 aromatic rings. The van der Waals surface area contributed by atoms with Crippen molar-refractivity contribution in [1.82, 2.24) is 0 Å². The van der Waals surface area contributed by atoms with Gasteiger partial charge in [-0.15, -0.1) is 0 Å². The van der Waals surface area contributed by atoms with Crippen molar-refractivity contribution in [3.05, 3.63) is 11.6 Å². The topological polar surface area (TPSA) is 29.5 Å². The van der Waals surface area contributed by atoms with Gasteiger partial charge < -0.3 is 9.84 Å². The smallest absolute Gasteiger partial charge is 0.0577 e. The fraction of sp³-hybridized carbons (Fsp3) is 0.946. The molecule has 0 amide bonds. The van der Waals surface area contributed by atoms with E-state index < -0.39 is 0 Å². The summed E-state index contributed by atoms with van der Waals surface area (Å²) in [5.41, 5.74) is 2.59. The van der Waals surface area contributed by atoms with E-state index >= 15 is 0 Å². The Morgan fingerprint density at radius 3 is 2.13 bits per heavy atom. The zero-order valence-corrected chi connectivity index (χ0v) is 27.9. The highest BCUT2D eigenvalue weighted by Gasteiger charge is 2.59. The normalized spacial score (nSPS) is 37.5. The van der Waals surface area contributed by atoms with Crippen LogP contribution in [-0.4, -0.2) is 24.4 Å². The molecule has 1 N–H and O–H groups in total. The van der Waals surface area contributed by atoms with Gasteiger partial charge in [-0.05, 0) is 122 Å². The number of aliphatic hydroxyl groups is 1. The Balaban J connectivity index is 0.000000403. The van der Waals surface area contributed by atoms with Gasteiger partial charge in [-0.25, -0.2) is 0 Å². The quantitative estimate of drug-likeness (QED) is 0.277. The largest absolute Gasteiger partial charge is 0.393 e. The van der Waals surface area contributed by atoms with E-state index in [2.05, 4.69) is 75.3 Å². The van der Waals surface area contributed by atoms with Gasteiger partial charge in [-0.3, -0.25) is 0 Å². The van der Waals surface area contributed by atoms with Gasteiger partial charge in [0.15, 0.2) is 0 Å².